The first-order chi connectivity index (χ1) is 8.90. The molecule has 2 bridgehead atoms. The molecule has 1 aromatic heterocycles. The van der Waals surface area contributed by atoms with Gasteiger partial charge in [-0.05, 0) is 48.1 Å². The van der Waals surface area contributed by atoms with Crippen LogP contribution in [0.4, 0.5) is 0 Å². The van der Waals surface area contributed by atoms with Gasteiger partial charge in [-0.3, -0.25) is 0 Å². The summed E-state index contributed by atoms with van der Waals surface area (Å²) in [6.07, 6.45) is 7.85. The lowest BCUT2D eigenvalue weighted by Gasteiger charge is -2.23. The molecule has 2 aromatic rings. The van der Waals surface area contributed by atoms with Gasteiger partial charge in [0.15, 0.2) is 0 Å². The largest absolute Gasteiger partial charge is 0.361 e. The second-order valence-electron chi connectivity index (χ2n) is 6.02. The first kappa shape index (κ1) is 10.6. The number of aromatic nitrogens is 1. The van der Waals surface area contributed by atoms with Crippen LogP contribution in [0.1, 0.15) is 31.2 Å². The van der Waals surface area contributed by atoms with Gasteiger partial charge in [-0.2, -0.15) is 0 Å². The minimum atomic E-state index is 0.772. The fourth-order valence-corrected chi connectivity index (χ4v) is 4.03. The van der Waals surface area contributed by atoms with E-state index in [0.717, 1.165) is 24.4 Å². The number of fused-ring (bicyclic) bond motifs is 3. The standard InChI is InChI=1S/C16H20N2/c1-2-12-6-7-17-16(12)14(3-1)10-18-15-9-11-4-5-13(15)8-11/h1-3,6-7,11,13,15,17-18H,4-5,8-10H2. The topological polar surface area (TPSA) is 27.8 Å². The van der Waals surface area contributed by atoms with Crippen molar-refractivity contribution in [1.29, 1.82) is 0 Å². The van der Waals surface area contributed by atoms with E-state index >= 15 is 0 Å². The van der Waals surface area contributed by atoms with Gasteiger partial charge in [0.2, 0.25) is 0 Å². The maximum atomic E-state index is 3.79. The quantitative estimate of drug-likeness (QED) is 0.845. The average Bonchev–Trinajstić information content (AvgIpc) is 3.11. The predicted octanol–water partition coefficient (Wildman–Crippen LogP) is 3.45. The number of hydrogen-bond donors (Lipinski definition) is 2. The molecule has 2 saturated carbocycles. The van der Waals surface area contributed by atoms with E-state index in [-0.39, 0.29) is 0 Å². The van der Waals surface area contributed by atoms with E-state index < -0.39 is 0 Å². The number of rotatable bonds is 3. The third-order valence-corrected chi connectivity index (χ3v) is 4.97. The predicted molar refractivity (Wildman–Crippen MR) is 74.4 cm³/mol. The molecule has 1 heterocycles. The van der Waals surface area contributed by atoms with Crippen molar-refractivity contribution in [1.82, 2.24) is 10.3 Å². The van der Waals surface area contributed by atoms with Crippen molar-refractivity contribution in [3.8, 4) is 0 Å². The third kappa shape index (κ3) is 1.67. The maximum Gasteiger partial charge on any atom is 0.0499 e. The highest BCUT2D eigenvalue weighted by atomic mass is 14.9. The highest BCUT2D eigenvalue weighted by molar-refractivity contribution is 5.82. The Labute approximate surface area is 108 Å². The molecule has 2 fully saturated rings. The molecule has 94 valence electrons. The van der Waals surface area contributed by atoms with Crippen molar-refractivity contribution in [2.45, 2.75) is 38.3 Å². The molecule has 18 heavy (non-hydrogen) atoms. The molecule has 0 amide bonds. The van der Waals surface area contributed by atoms with Gasteiger partial charge in [0.05, 0.1) is 0 Å². The highest BCUT2D eigenvalue weighted by Crippen LogP contribution is 2.44. The highest BCUT2D eigenvalue weighted by Gasteiger charge is 2.38. The number of H-pyrrole nitrogens is 1. The van der Waals surface area contributed by atoms with Gasteiger partial charge < -0.3 is 10.3 Å². The van der Waals surface area contributed by atoms with Crippen molar-refractivity contribution in [2.24, 2.45) is 11.8 Å². The van der Waals surface area contributed by atoms with Gasteiger partial charge >= 0.3 is 0 Å². The van der Waals surface area contributed by atoms with Crippen molar-refractivity contribution in [2.75, 3.05) is 0 Å². The van der Waals surface area contributed by atoms with Crippen LogP contribution in [-0.2, 0) is 6.54 Å². The lowest BCUT2D eigenvalue weighted by atomic mass is 9.95. The third-order valence-electron chi connectivity index (χ3n) is 4.97. The number of aromatic amines is 1. The molecular weight excluding hydrogens is 220 g/mol. The van der Waals surface area contributed by atoms with Gasteiger partial charge in [-0.1, -0.05) is 24.6 Å². The maximum absolute atomic E-state index is 3.79. The van der Waals surface area contributed by atoms with Crippen LogP contribution in [0.5, 0.6) is 0 Å². The number of benzene rings is 1. The first-order valence-corrected chi connectivity index (χ1v) is 7.18. The molecule has 2 nitrogen and oxygen atoms in total. The summed E-state index contributed by atoms with van der Waals surface area (Å²) in [7, 11) is 0. The molecule has 2 heteroatoms. The molecule has 0 spiro atoms. The molecule has 0 aliphatic heterocycles. The Morgan fingerprint density at radius 3 is 3.00 bits per heavy atom. The Hall–Kier alpha value is -1.28. The average molecular weight is 240 g/mol. The Morgan fingerprint density at radius 1 is 1.17 bits per heavy atom. The van der Waals surface area contributed by atoms with Crippen LogP contribution >= 0.6 is 0 Å². The number of nitrogens with one attached hydrogen (secondary N) is 2. The second kappa shape index (κ2) is 4.13. The van der Waals surface area contributed by atoms with E-state index in [2.05, 4.69) is 34.6 Å². The van der Waals surface area contributed by atoms with Gasteiger partial charge in [-0.25, -0.2) is 0 Å². The molecule has 2 aliphatic rings. The summed E-state index contributed by atoms with van der Waals surface area (Å²) < 4.78 is 0. The number of para-hydroxylation sites is 1. The second-order valence-corrected chi connectivity index (χ2v) is 6.02. The molecule has 4 rings (SSSR count). The van der Waals surface area contributed by atoms with E-state index in [4.69, 9.17) is 0 Å². The van der Waals surface area contributed by atoms with Crippen LogP contribution in [0.2, 0.25) is 0 Å². The summed E-state index contributed by atoms with van der Waals surface area (Å²) in [5, 5.41) is 5.11. The van der Waals surface area contributed by atoms with Crippen LogP contribution < -0.4 is 5.32 Å². The molecule has 3 atom stereocenters. The van der Waals surface area contributed by atoms with Crippen molar-refractivity contribution in [3.05, 3.63) is 36.0 Å². The van der Waals surface area contributed by atoms with Crippen LogP contribution in [0.3, 0.4) is 0 Å². The normalized spacial score (nSPS) is 30.3. The molecule has 0 radical (unpaired) electrons. The fourth-order valence-electron chi connectivity index (χ4n) is 4.03. The van der Waals surface area contributed by atoms with Crippen molar-refractivity contribution in [3.63, 3.8) is 0 Å². The first-order valence-electron chi connectivity index (χ1n) is 7.18. The Kier molecular flexibility index (Phi) is 2.44. The molecule has 3 unspecified atom stereocenters. The minimum absolute atomic E-state index is 0.772. The van der Waals surface area contributed by atoms with Crippen LogP contribution in [-0.4, -0.2) is 11.0 Å². The minimum Gasteiger partial charge on any atom is -0.361 e. The summed E-state index contributed by atoms with van der Waals surface area (Å²) in [5.74, 6) is 1.98. The molecular formula is C16H20N2. The molecule has 0 saturated heterocycles. The van der Waals surface area contributed by atoms with E-state index in [0.29, 0.717) is 0 Å². The van der Waals surface area contributed by atoms with E-state index in [1.165, 1.54) is 42.1 Å². The van der Waals surface area contributed by atoms with E-state index in [1.54, 1.807) is 0 Å². The summed E-state index contributed by atoms with van der Waals surface area (Å²) in [5.41, 5.74) is 2.70. The molecule has 2 aliphatic carbocycles. The van der Waals surface area contributed by atoms with Crippen LogP contribution in [0.15, 0.2) is 30.5 Å². The Balaban J connectivity index is 1.50. The summed E-state index contributed by atoms with van der Waals surface area (Å²) in [4.78, 5) is 3.36. The van der Waals surface area contributed by atoms with Crippen molar-refractivity contribution < 1.29 is 0 Å². The lowest BCUT2D eigenvalue weighted by Crippen LogP contribution is -2.33. The zero-order valence-corrected chi connectivity index (χ0v) is 10.7. The molecule has 2 N–H and O–H groups in total. The monoisotopic (exact) mass is 240 g/mol. The van der Waals surface area contributed by atoms with Crippen LogP contribution in [0.25, 0.3) is 10.9 Å². The summed E-state index contributed by atoms with van der Waals surface area (Å²) in [6, 6.07) is 9.49. The van der Waals surface area contributed by atoms with Gasteiger partial charge in [0.1, 0.15) is 0 Å². The molecule has 1 aromatic carbocycles. The Morgan fingerprint density at radius 2 is 2.17 bits per heavy atom. The van der Waals surface area contributed by atoms with Gasteiger partial charge in [-0.15, -0.1) is 0 Å². The zero-order chi connectivity index (χ0) is 11.9. The van der Waals surface area contributed by atoms with E-state index in [9.17, 15) is 0 Å². The van der Waals surface area contributed by atoms with Gasteiger partial charge in [0.25, 0.3) is 0 Å². The fraction of sp³-hybridized carbons (Fsp3) is 0.500. The SMILES string of the molecule is c1cc(CNC2CC3CCC2C3)c2[nH]ccc2c1. The summed E-state index contributed by atoms with van der Waals surface area (Å²) in [6.45, 7) is 1.01. The number of hydrogen-bond acceptors (Lipinski definition) is 1. The smallest absolute Gasteiger partial charge is 0.0499 e. The summed E-state index contributed by atoms with van der Waals surface area (Å²) >= 11 is 0. The van der Waals surface area contributed by atoms with Crippen molar-refractivity contribution >= 4 is 10.9 Å². The van der Waals surface area contributed by atoms with E-state index in [1.807, 2.05) is 6.20 Å². The Bertz CT molecular complexity index is 557. The zero-order valence-electron chi connectivity index (χ0n) is 10.7. The lowest BCUT2D eigenvalue weighted by molar-refractivity contribution is 0.351. The van der Waals surface area contributed by atoms with Gasteiger partial charge in [0, 0.05) is 24.3 Å². The van der Waals surface area contributed by atoms with Crippen LogP contribution in [0, 0.1) is 11.8 Å².